The average molecular weight is 334 g/mol. The van der Waals surface area contributed by atoms with Crippen LogP contribution in [0.1, 0.15) is 41.4 Å². The van der Waals surface area contributed by atoms with Crippen molar-refractivity contribution >= 4 is 27.6 Å². The van der Waals surface area contributed by atoms with Crippen LogP contribution in [0.15, 0.2) is 17.5 Å². The molecule has 3 aromatic heterocycles. The summed E-state index contributed by atoms with van der Waals surface area (Å²) in [5.74, 6) is 1.03. The van der Waals surface area contributed by atoms with Gasteiger partial charge >= 0.3 is 0 Å². The van der Waals surface area contributed by atoms with E-state index in [0.29, 0.717) is 0 Å². The Morgan fingerprint density at radius 3 is 2.82 bits per heavy atom. The van der Waals surface area contributed by atoms with E-state index in [2.05, 4.69) is 32.5 Å². The van der Waals surface area contributed by atoms with E-state index in [1.54, 1.807) is 27.2 Å². The number of hydrogen-bond donors (Lipinski definition) is 1. The Balaban J connectivity index is 1.81. The molecule has 0 bridgehead atoms. The number of hydrogen-bond acceptors (Lipinski definition) is 6. The van der Waals surface area contributed by atoms with Crippen LogP contribution in [-0.2, 0) is 6.42 Å². The summed E-state index contributed by atoms with van der Waals surface area (Å²) in [6.45, 7) is 4.18. The van der Waals surface area contributed by atoms with Gasteiger partial charge in [-0.2, -0.15) is 4.52 Å². The summed E-state index contributed by atoms with van der Waals surface area (Å²) in [7, 11) is 0. The van der Waals surface area contributed by atoms with Crippen molar-refractivity contribution in [1.82, 2.24) is 19.5 Å². The smallest absolute Gasteiger partial charge is 0.230 e. The van der Waals surface area contributed by atoms with Crippen LogP contribution >= 0.6 is 22.7 Å². The van der Waals surface area contributed by atoms with E-state index < -0.39 is 0 Å². The minimum Gasteiger partial charge on any atom is -0.492 e. The third kappa shape index (κ3) is 2.24. The first kappa shape index (κ1) is 14.2. The van der Waals surface area contributed by atoms with Gasteiger partial charge in [0.05, 0.1) is 10.9 Å². The van der Waals surface area contributed by atoms with Gasteiger partial charge in [-0.3, -0.25) is 4.90 Å². The van der Waals surface area contributed by atoms with Gasteiger partial charge < -0.3 is 5.11 Å². The van der Waals surface area contributed by atoms with Gasteiger partial charge in [0.1, 0.15) is 0 Å². The molecule has 1 unspecified atom stereocenters. The fraction of sp³-hybridized carbons (Fsp3) is 0.467. The largest absolute Gasteiger partial charge is 0.492 e. The maximum Gasteiger partial charge on any atom is 0.230 e. The molecule has 1 N–H and O–H groups in total. The molecular formula is C15H18N4OS2. The molecule has 0 amide bonds. The molecule has 1 atom stereocenters. The fourth-order valence-corrected chi connectivity index (χ4v) is 5.11. The second kappa shape index (κ2) is 5.64. The van der Waals surface area contributed by atoms with E-state index >= 15 is 0 Å². The number of thiophene rings is 1. The van der Waals surface area contributed by atoms with Crippen molar-refractivity contribution in [3.8, 4) is 5.88 Å². The lowest BCUT2D eigenvalue weighted by Crippen LogP contribution is -2.25. The van der Waals surface area contributed by atoms with Gasteiger partial charge in [0.2, 0.25) is 10.8 Å². The van der Waals surface area contributed by atoms with E-state index in [1.165, 1.54) is 17.7 Å². The number of nitrogens with zero attached hydrogens (tertiary/aromatic N) is 4. The second-order valence-corrected chi connectivity index (χ2v) is 7.52. The molecule has 0 aliphatic carbocycles. The third-order valence-corrected chi connectivity index (χ3v) is 6.12. The number of aromatic nitrogens is 3. The van der Waals surface area contributed by atoms with Gasteiger partial charge in [-0.1, -0.05) is 24.3 Å². The summed E-state index contributed by atoms with van der Waals surface area (Å²) in [6, 6.07) is 4.35. The molecule has 0 saturated carbocycles. The number of likely N-dealkylation sites (tertiary alicyclic amines) is 1. The minimum absolute atomic E-state index is 0.126. The highest BCUT2D eigenvalue weighted by atomic mass is 32.1. The zero-order valence-corrected chi connectivity index (χ0v) is 14.0. The van der Waals surface area contributed by atoms with Crippen molar-refractivity contribution in [2.24, 2.45) is 0 Å². The lowest BCUT2D eigenvalue weighted by molar-refractivity contribution is 0.280. The van der Waals surface area contributed by atoms with E-state index in [0.717, 1.165) is 35.2 Å². The lowest BCUT2D eigenvalue weighted by Gasteiger charge is -2.25. The number of fused-ring (bicyclic) bond motifs is 1. The predicted octanol–water partition coefficient (Wildman–Crippen LogP) is 3.31. The van der Waals surface area contributed by atoms with Crippen LogP contribution in [0.2, 0.25) is 0 Å². The van der Waals surface area contributed by atoms with E-state index in [-0.39, 0.29) is 11.9 Å². The Morgan fingerprint density at radius 1 is 1.36 bits per heavy atom. The quantitative estimate of drug-likeness (QED) is 0.795. The highest BCUT2D eigenvalue weighted by Crippen LogP contribution is 2.42. The van der Waals surface area contributed by atoms with E-state index in [1.807, 2.05) is 6.92 Å². The molecular weight excluding hydrogens is 316 g/mol. The number of aryl methyl sites for hydroxylation is 1. The molecule has 3 aromatic rings. The van der Waals surface area contributed by atoms with Crippen molar-refractivity contribution in [2.45, 2.75) is 32.2 Å². The Kier molecular flexibility index (Phi) is 3.63. The summed E-state index contributed by atoms with van der Waals surface area (Å²) in [6.07, 6.45) is 3.23. The fourth-order valence-electron chi connectivity index (χ4n) is 3.04. The average Bonchev–Trinajstić information content (AvgIpc) is 3.28. The summed E-state index contributed by atoms with van der Waals surface area (Å²) in [5, 5.41) is 17.2. The van der Waals surface area contributed by atoms with Crippen LogP contribution in [0, 0.1) is 0 Å². The molecule has 7 heteroatoms. The zero-order valence-electron chi connectivity index (χ0n) is 12.4. The number of aromatic hydroxyl groups is 1. The van der Waals surface area contributed by atoms with Gasteiger partial charge in [-0.15, -0.1) is 16.4 Å². The van der Waals surface area contributed by atoms with Crippen molar-refractivity contribution in [3.63, 3.8) is 0 Å². The summed E-state index contributed by atoms with van der Waals surface area (Å²) < 4.78 is 1.59. The van der Waals surface area contributed by atoms with Gasteiger partial charge in [0.25, 0.3) is 0 Å². The lowest BCUT2D eigenvalue weighted by atomic mass is 10.2. The Labute approximate surface area is 136 Å². The topological polar surface area (TPSA) is 53.7 Å². The van der Waals surface area contributed by atoms with Crippen LogP contribution in [0.3, 0.4) is 0 Å². The second-order valence-electron chi connectivity index (χ2n) is 5.53. The molecule has 4 heterocycles. The van der Waals surface area contributed by atoms with Crippen molar-refractivity contribution in [2.75, 3.05) is 13.1 Å². The van der Waals surface area contributed by atoms with Crippen molar-refractivity contribution in [3.05, 3.63) is 33.1 Å². The van der Waals surface area contributed by atoms with Crippen LogP contribution in [0.25, 0.3) is 4.96 Å². The van der Waals surface area contributed by atoms with Crippen LogP contribution in [0.5, 0.6) is 5.88 Å². The van der Waals surface area contributed by atoms with E-state index in [4.69, 9.17) is 0 Å². The van der Waals surface area contributed by atoms with Gasteiger partial charge in [-0.25, -0.2) is 4.98 Å². The number of rotatable bonds is 4. The van der Waals surface area contributed by atoms with Crippen LogP contribution < -0.4 is 0 Å². The normalized spacial score (nSPS) is 17.5. The van der Waals surface area contributed by atoms with Crippen molar-refractivity contribution in [1.29, 1.82) is 0 Å². The standard InChI is InChI=1S/C15H18N4OS2/c1-2-11-16-15-19(17-11)14(20)13(22-15)12(10-6-5-9-21-10)18-7-3-4-8-18/h5-6,9,12,20H,2-4,7-8H2,1H3. The van der Waals surface area contributed by atoms with Gasteiger partial charge in [0, 0.05) is 11.3 Å². The molecule has 0 radical (unpaired) electrons. The first-order valence-corrected chi connectivity index (χ1v) is 9.32. The summed E-state index contributed by atoms with van der Waals surface area (Å²) >= 11 is 3.30. The molecule has 0 spiro atoms. The van der Waals surface area contributed by atoms with Gasteiger partial charge in [0.15, 0.2) is 5.82 Å². The molecule has 5 nitrogen and oxygen atoms in total. The third-order valence-electron chi connectivity index (χ3n) is 4.13. The summed E-state index contributed by atoms with van der Waals surface area (Å²) in [4.78, 5) is 9.97. The molecule has 1 aliphatic rings. The zero-order chi connectivity index (χ0) is 15.1. The predicted molar refractivity (Wildman–Crippen MR) is 88.9 cm³/mol. The molecule has 1 fully saturated rings. The molecule has 22 heavy (non-hydrogen) atoms. The highest BCUT2D eigenvalue weighted by molar-refractivity contribution is 7.17. The minimum atomic E-state index is 0.126. The monoisotopic (exact) mass is 334 g/mol. The molecule has 1 saturated heterocycles. The van der Waals surface area contributed by atoms with Gasteiger partial charge in [-0.05, 0) is 37.4 Å². The summed E-state index contributed by atoms with van der Waals surface area (Å²) in [5.41, 5.74) is 0. The molecule has 0 aromatic carbocycles. The van der Waals surface area contributed by atoms with Crippen LogP contribution in [0.4, 0.5) is 0 Å². The first-order valence-electron chi connectivity index (χ1n) is 7.62. The molecule has 116 valence electrons. The molecule has 1 aliphatic heterocycles. The van der Waals surface area contributed by atoms with E-state index in [9.17, 15) is 5.11 Å². The maximum atomic E-state index is 10.7. The van der Waals surface area contributed by atoms with Crippen LogP contribution in [-0.4, -0.2) is 37.7 Å². The highest BCUT2D eigenvalue weighted by Gasteiger charge is 2.31. The maximum absolute atomic E-state index is 10.7. The molecule has 4 rings (SSSR count). The Morgan fingerprint density at radius 2 is 2.18 bits per heavy atom. The Bertz CT molecular complexity index is 771. The first-order chi connectivity index (χ1) is 10.8. The number of thiazole rings is 1. The Hall–Kier alpha value is -1.44. The van der Waals surface area contributed by atoms with Crippen molar-refractivity contribution < 1.29 is 5.11 Å². The SMILES string of the molecule is CCc1nc2sc(C(c3cccs3)N3CCCC3)c(O)n2n1.